The number of aliphatic hydroxyl groups is 1. The Hall–Kier alpha value is -1.50. The molecule has 1 aromatic carbocycles. The van der Waals surface area contributed by atoms with Crippen molar-refractivity contribution >= 4 is 35.0 Å². The molecule has 0 aromatic heterocycles. The molecular formula is C17H24Cl2N2O4. The van der Waals surface area contributed by atoms with Crippen molar-refractivity contribution in [3.63, 3.8) is 0 Å². The van der Waals surface area contributed by atoms with Crippen molar-refractivity contribution in [2.24, 2.45) is 0 Å². The second-order valence-electron chi connectivity index (χ2n) is 5.99. The van der Waals surface area contributed by atoms with Crippen LogP contribution >= 0.6 is 23.2 Å². The molecule has 1 aliphatic rings. The minimum absolute atomic E-state index is 0.000979. The average molecular weight is 391 g/mol. The maximum absolute atomic E-state index is 11.7. The summed E-state index contributed by atoms with van der Waals surface area (Å²) < 4.78 is 0. The number of nitrogens with zero attached hydrogens (tertiary/aromatic N) is 2. The number of hydrogen-bond donors (Lipinski definition) is 2. The highest BCUT2D eigenvalue weighted by atomic mass is 35.5. The van der Waals surface area contributed by atoms with E-state index in [-0.39, 0.29) is 30.5 Å². The molecule has 0 radical (unpaired) electrons. The third-order valence-corrected chi connectivity index (χ3v) is 4.37. The van der Waals surface area contributed by atoms with Crippen molar-refractivity contribution in [1.29, 1.82) is 0 Å². The molecule has 6 nitrogen and oxygen atoms in total. The molecule has 0 saturated carbocycles. The van der Waals surface area contributed by atoms with E-state index >= 15 is 0 Å². The fraction of sp³-hybridized carbons (Fsp3) is 0.529. The number of rotatable bonds is 4. The largest absolute Gasteiger partial charge is 0.508 e. The molecule has 0 aliphatic carbocycles. The van der Waals surface area contributed by atoms with Gasteiger partial charge in [0.15, 0.2) is 0 Å². The monoisotopic (exact) mass is 390 g/mol. The normalized spacial score (nSPS) is 14.5. The van der Waals surface area contributed by atoms with Crippen molar-refractivity contribution < 1.29 is 19.8 Å². The van der Waals surface area contributed by atoms with Crippen LogP contribution in [-0.4, -0.2) is 64.6 Å². The molecular weight excluding hydrogens is 367 g/mol. The van der Waals surface area contributed by atoms with Gasteiger partial charge in [0.25, 0.3) is 0 Å². The predicted molar refractivity (Wildman–Crippen MR) is 97.9 cm³/mol. The van der Waals surface area contributed by atoms with Gasteiger partial charge < -0.3 is 20.0 Å². The fourth-order valence-electron chi connectivity index (χ4n) is 2.25. The Kier molecular flexibility index (Phi) is 9.03. The summed E-state index contributed by atoms with van der Waals surface area (Å²) in [5.41, 5.74) is 0. The van der Waals surface area contributed by atoms with Gasteiger partial charge in [-0.05, 0) is 38.0 Å². The van der Waals surface area contributed by atoms with Gasteiger partial charge in [-0.2, -0.15) is 0 Å². The van der Waals surface area contributed by atoms with E-state index in [1.165, 1.54) is 17.0 Å². The first-order valence-corrected chi connectivity index (χ1v) is 8.80. The number of likely N-dealkylation sites (N-methyl/N-ethyl adjacent to an activating group) is 1. The van der Waals surface area contributed by atoms with E-state index in [4.69, 9.17) is 33.4 Å². The second kappa shape index (κ2) is 10.5. The first-order valence-electron chi connectivity index (χ1n) is 8.04. The van der Waals surface area contributed by atoms with Crippen LogP contribution in [0.4, 0.5) is 0 Å². The number of amides is 2. The van der Waals surface area contributed by atoms with Gasteiger partial charge in [0, 0.05) is 20.1 Å². The van der Waals surface area contributed by atoms with Crippen LogP contribution in [0.1, 0.15) is 26.2 Å². The highest BCUT2D eigenvalue weighted by Crippen LogP contribution is 2.25. The SMILES string of the molecule is CC(O)CC(=O)N(C)CC(=O)N1CCCC1.Oc1ccc(Cl)c(Cl)c1. The number of aliphatic hydroxyl groups excluding tert-OH is 1. The lowest BCUT2D eigenvalue weighted by Gasteiger charge is -2.21. The van der Waals surface area contributed by atoms with E-state index < -0.39 is 6.10 Å². The standard InChI is InChI=1S/C11H20N2O3.C6H4Cl2O/c1-9(14)7-10(15)12(2)8-11(16)13-5-3-4-6-13;7-5-2-1-4(9)3-6(5)8/h9,14H,3-8H2,1-2H3;1-3,9H. The van der Waals surface area contributed by atoms with Gasteiger partial charge in [-0.15, -0.1) is 0 Å². The number of halogens is 2. The summed E-state index contributed by atoms with van der Waals surface area (Å²) in [6.07, 6.45) is 1.52. The molecule has 2 amide bonds. The molecule has 0 spiro atoms. The van der Waals surface area contributed by atoms with Crippen LogP contribution in [0.5, 0.6) is 5.75 Å². The summed E-state index contributed by atoms with van der Waals surface area (Å²) in [6.45, 7) is 3.29. The first kappa shape index (κ1) is 21.5. The Morgan fingerprint density at radius 3 is 2.32 bits per heavy atom. The first-order chi connectivity index (χ1) is 11.7. The predicted octanol–water partition coefficient (Wildman–Crippen LogP) is 2.54. The number of aromatic hydroxyl groups is 1. The van der Waals surface area contributed by atoms with Gasteiger partial charge in [-0.25, -0.2) is 0 Å². The summed E-state index contributed by atoms with van der Waals surface area (Å²) in [4.78, 5) is 26.4. The van der Waals surface area contributed by atoms with E-state index in [1.54, 1.807) is 24.9 Å². The third kappa shape index (κ3) is 7.94. The van der Waals surface area contributed by atoms with E-state index in [1.807, 2.05) is 0 Å². The van der Waals surface area contributed by atoms with Crippen LogP contribution in [0, 0.1) is 0 Å². The topological polar surface area (TPSA) is 81.1 Å². The lowest BCUT2D eigenvalue weighted by atomic mass is 10.2. The zero-order chi connectivity index (χ0) is 19.0. The minimum atomic E-state index is -0.656. The smallest absolute Gasteiger partial charge is 0.242 e. The van der Waals surface area contributed by atoms with Gasteiger partial charge >= 0.3 is 0 Å². The average Bonchev–Trinajstić information content (AvgIpc) is 3.05. The number of likely N-dealkylation sites (tertiary alicyclic amines) is 1. The quantitative estimate of drug-likeness (QED) is 0.827. The Morgan fingerprint density at radius 1 is 1.24 bits per heavy atom. The molecule has 1 atom stereocenters. The van der Waals surface area contributed by atoms with Gasteiger partial charge in [0.2, 0.25) is 11.8 Å². The number of phenolic OH excluding ortho intramolecular Hbond substituents is 1. The maximum atomic E-state index is 11.7. The van der Waals surface area contributed by atoms with Crippen LogP contribution in [0.3, 0.4) is 0 Å². The molecule has 140 valence electrons. The Morgan fingerprint density at radius 2 is 1.84 bits per heavy atom. The third-order valence-electron chi connectivity index (χ3n) is 3.63. The fourth-order valence-corrected chi connectivity index (χ4v) is 2.54. The van der Waals surface area contributed by atoms with Gasteiger partial charge in [0.05, 0.1) is 29.1 Å². The Bertz CT molecular complexity index is 590. The molecule has 1 heterocycles. The Labute approximate surface area is 157 Å². The van der Waals surface area contributed by atoms with Crippen LogP contribution in [0.15, 0.2) is 18.2 Å². The minimum Gasteiger partial charge on any atom is -0.508 e. The van der Waals surface area contributed by atoms with Crippen LogP contribution in [-0.2, 0) is 9.59 Å². The number of hydrogen-bond acceptors (Lipinski definition) is 4. The second-order valence-corrected chi connectivity index (χ2v) is 6.80. The molecule has 2 rings (SSSR count). The molecule has 1 saturated heterocycles. The summed E-state index contributed by atoms with van der Waals surface area (Å²) >= 11 is 11.1. The van der Waals surface area contributed by atoms with Crippen LogP contribution in [0.2, 0.25) is 10.0 Å². The summed E-state index contributed by atoms with van der Waals surface area (Å²) in [7, 11) is 1.60. The van der Waals surface area contributed by atoms with E-state index in [9.17, 15) is 9.59 Å². The highest BCUT2D eigenvalue weighted by molar-refractivity contribution is 6.42. The molecule has 1 aliphatic heterocycles. The van der Waals surface area contributed by atoms with Gasteiger partial charge in [0.1, 0.15) is 5.75 Å². The highest BCUT2D eigenvalue weighted by Gasteiger charge is 2.21. The van der Waals surface area contributed by atoms with Crippen molar-refractivity contribution in [1.82, 2.24) is 9.80 Å². The molecule has 25 heavy (non-hydrogen) atoms. The zero-order valence-electron chi connectivity index (χ0n) is 14.4. The molecule has 1 unspecified atom stereocenters. The molecule has 1 aromatic rings. The zero-order valence-corrected chi connectivity index (χ0v) is 15.9. The number of phenols is 1. The van der Waals surface area contributed by atoms with Gasteiger partial charge in [-0.3, -0.25) is 9.59 Å². The van der Waals surface area contributed by atoms with Crippen molar-refractivity contribution in [2.75, 3.05) is 26.7 Å². The van der Waals surface area contributed by atoms with E-state index in [2.05, 4.69) is 0 Å². The number of benzene rings is 1. The maximum Gasteiger partial charge on any atom is 0.242 e. The van der Waals surface area contributed by atoms with Crippen molar-refractivity contribution in [3.8, 4) is 5.75 Å². The van der Waals surface area contributed by atoms with Crippen LogP contribution < -0.4 is 0 Å². The summed E-state index contributed by atoms with van der Waals surface area (Å²) in [5.74, 6) is -0.0640. The van der Waals surface area contributed by atoms with Crippen molar-refractivity contribution in [2.45, 2.75) is 32.3 Å². The number of carbonyl (C=O) groups is 2. The van der Waals surface area contributed by atoms with E-state index in [0.29, 0.717) is 10.0 Å². The van der Waals surface area contributed by atoms with Gasteiger partial charge in [-0.1, -0.05) is 23.2 Å². The van der Waals surface area contributed by atoms with E-state index in [0.717, 1.165) is 25.9 Å². The van der Waals surface area contributed by atoms with Crippen LogP contribution in [0.25, 0.3) is 0 Å². The van der Waals surface area contributed by atoms with Crippen molar-refractivity contribution in [3.05, 3.63) is 28.2 Å². The molecule has 1 fully saturated rings. The molecule has 0 bridgehead atoms. The Balaban J connectivity index is 0.000000293. The lowest BCUT2D eigenvalue weighted by molar-refractivity contribution is -0.139. The summed E-state index contributed by atoms with van der Waals surface area (Å²) in [5, 5.41) is 18.7. The molecule has 2 N–H and O–H groups in total. The summed E-state index contributed by atoms with van der Waals surface area (Å²) in [6, 6.07) is 4.41. The lowest BCUT2D eigenvalue weighted by Crippen LogP contribution is -2.40. The molecule has 8 heteroatoms. The number of carbonyl (C=O) groups excluding carboxylic acids is 2.